The summed E-state index contributed by atoms with van der Waals surface area (Å²) in [5, 5.41) is 7.16. The highest BCUT2D eigenvalue weighted by Crippen LogP contribution is 2.50. The largest absolute Gasteiger partial charge is 0.310 e. The summed E-state index contributed by atoms with van der Waals surface area (Å²) in [6.07, 6.45) is 0. The van der Waals surface area contributed by atoms with Crippen molar-refractivity contribution in [2.24, 2.45) is 0 Å². The van der Waals surface area contributed by atoms with Gasteiger partial charge in [-0.3, -0.25) is 0 Å². The highest BCUT2D eigenvalue weighted by atomic mass is 15.1. The Bertz CT molecular complexity index is 2830. The average Bonchev–Trinajstić information content (AvgIpc) is 3.44. The van der Waals surface area contributed by atoms with Crippen molar-refractivity contribution in [3.63, 3.8) is 0 Å². The van der Waals surface area contributed by atoms with E-state index in [4.69, 9.17) is 1.37 Å². The molecule has 0 fully saturated rings. The number of rotatable bonds is 5. The van der Waals surface area contributed by atoms with Crippen LogP contribution in [-0.2, 0) is 5.41 Å². The molecule has 0 spiro atoms. The van der Waals surface area contributed by atoms with Gasteiger partial charge in [0.05, 0.1) is 1.37 Å². The van der Waals surface area contributed by atoms with Crippen molar-refractivity contribution in [2.75, 3.05) is 4.90 Å². The molecule has 1 heteroatoms. The van der Waals surface area contributed by atoms with Crippen molar-refractivity contribution in [3.05, 3.63) is 199 Å². The third-order valence-corrected chi connectivity index (χ3v) is 11.2. The van der Waals surface area contributed by atoms with E-state index in [-0.39, 0.29) is 5.41 Å². The summed E-state index contributed by atoms with van der Waals surface area (Å²) in [4.78, 5) is 2.39. The smallest absolute Gasteiger partial charge is 0.0623 e. The van der Waals surface area contributed by atoms with Crippen LogP contribution in [0.15, 0.2) is 188 Å². The lowest BCUT2D eigenvalue weighted by atomic mass is 9.82. The molecule has 52 heavy (non-hydrogen) atoms. The zero-order valence-corrected chi connectivity index (χ0v) is 29.3. The Morgan fingerprint density at radius 1 is 0.365 bits per heavy atom. The van der Waals surface area contributed by atoms with Crippen LogP contribution in [0.1, 0.15) is 26.3 Å². The van der Waals surface area contributed by atoms with Crippen molar-refractivity contribution in [1.82, 2.24) is 0 Å². The molecule has 0 saturated carbocycles. The SMILES string of the molecule is [2H]c1ccc2c3ccc(-c4ccc(N(c5ccc(-c6ccccc6)cc5)c5ccc6c(c5)C(C)(C)c5ccccc5-6)cc4)cc3c3ccccc3c2c1. The third kappa shape index (κ3) is 4.77. The lowest BCUT2D eigenvalue weighted by Gasteiger charge is -2.28. The van der Waals surface area contributed by atoms with Crippen LogP contribution in [0.5, 0.6) is 0 Å². The molecule has 0 N–H and O–H groups in total. The lowest BCUT2D eigenvalue weighted by Crippen LogP contribution is -2.16. The van der Waals surface area contributed by atoms with Crippen molar-refractivity contribution < 1.29 is 1.37 Å². The lowest BCUT2D eigenvalue weighted by molar-refractivity contribution is 0.660. The Morgan fingerprint density at radius 3 is 1.60 bits per heavy atom. The van der Waals surface area contributed by atoms with E-state index < -0.39 is 0 Å². The Balaban J connectivity index is 1.08. The van der Waals surface area contributed by atoms with Gasteiger partial charge in [0.25, 0.3) is 0 Å². The minimum absolute atomic E-state index is 0.0935. The van der Waals surface area contributed by atoms with Gasteiger partial charge in [-0.2, -0.15) is 0 Å². The summed E-state index contributed by atoms with van der Waals surface area (Å²) >= 11 is 0. The normalized spacial score (nSPS) is 13.2. The molecule has 246 valence electrons. The van der Waals surface area contributed by atoms with Gasteiger partial charge in [0, 0.05) is 22.5 Å². The van der Waals surface area contributed by atoms with Gasteiger partial charge in [0.15, 0.2) is 0 Å². The van der Waals surface area contributed by atoms with Crippen molar-refractivity contribution in [1.29, 1.82) is 0 Å². The molecule has 9 aromatic rings. The van der Waals surface area contributed by atoms with Gasteiger partial charge in [-0.15, -0.1) is 0 Å². The molecule has 10 rings (SSSR count). The molecular weight excluding hydrogens is 627 g/mol. The molecule has 0 aliphatic heterocycles. The quantitative estimate of drug-likeness (QED) is 0.166. The number of nitrogens with zero attached hydrogens (tertiary/aromatic N) is 1. The van der Waals surface area contributed by atoms with Gasteiger partial charge in [-0.05, 0) is 119 Å². The van der Waals surface area contributed by atoms with E-state index in [1.165, 1.54) is 71.4 Å². The topological polar surface area (TPSA) is 3.24 Å². The van der Waals surface area contributed by atoms with Crippen LogP contribution < -0.4 is 4.90 Å². The molecule has 0 unspecified atom stereocenters. The van der Waals surface area contributed by atoms with Crippen LogP contribution in [0.2, 0.25) is 0 Å². The van der Waals surface area contributed by atoms with Crippen molar-refractivity contribution in [3.8, 4) is 33.4 Å². The van der Waals surface area contributed by atoms with Gasteiger partial charge in [0.2, 0.25) is 0 Å². The number of anilines is 3. The van der Waals surface area contributed by atoms with Gasteiger partial charge < -0.3 is 4.90 Å². The Morgan fingerprint density at radius 2 is 0.865 bits per heavy atom. The first-order valence-electron chi connectivity index (χ1n) is 18.6. The first-order chi connectivity index (χ1) is 25.9. The van der Waals surface area contributed by atoms with Crippen molar-refractivity contribution >= 4 is 49.4 Å². The Kier molecular flexibility index (Phi) is 6.66. The second-order valence-corrected chi connectivity index (χ2v) is 14.5. The summed E-state index contributed by atoms with van der Waals surface area (Å²) in [5.74, 6) is 0. The highest BCUT2D eigenvalue weighted by Gasteiger charge is 2.35. The first kappa shape index (κ1) is 29.3. The molecule has 1 aliphatic carbocycles. The number of hydrogen-bond acceptors (Lipinski definition) is 1. The fourth-order valence-corrected chi connectivity index (χ4v) is 8.54. The van der Waals surface area contributed by atoms with Gasteiger partial charge >= 0.3 is 0 Å². The fourth-order valence-electron chi connectivity index (χ4n) is 8.54. The predicted molar refractivity (Wildman–Crippen MR) is 222 cm³/mol. The first-order valence-corrected chi connectivity index (χ1v) is 18.1. The van der Waals surface area contributed by atoms with Crippen LogP contribution in [0.3, 0.4) is 0 Å². The Hall–Kier alpha value is -6.44. The van der Waals surface area contributed by atoms with E-state index >= 15 is 0 Å². The van der Waals surface area contributed by atoms with Crippen LogP contribution in [0.25, 0.3) is 65.7 Å². The summed E-state index contributed by atoms with van der Waals surface area (Å²) in [6.45, 7) is 4.69. The van der Waals surface area contributed by atoms with E-state index in [1.807, 2.05) is 12.1 Å². The summed E-state index contributed by atoms with van der Waals surface area (Å²) in [5.41, 5.74) is 13.4. The zero-order chi connectivity index (χ0) is 35.7. The van der Waals surface area contributed by atoms with Gasteiger partial charge in [-0.25, -0.2) is 0 Å². The maximum atomic E-state index is 8.28. The zero-order valence-electron chi connectivity index (χ0n) is 30.3. The monoisotopic (exact) mass is 664 g/mol. The molecule has 0 heterocycles. The molecule has 0 radical (unpaired) electrons. The minimum atomic E-state index is -0.0935. The number of fused-ring (bicyclic) bond motifs is 9. The third-order valence-electron chi connectivity index (χ3n) is 11.2. The second kappa shape index (κ2) is 11.8. The summed E-state index contributed by atoms with van der Waals surface area (Å²) < 4.78 is 8.28. The fraction of sp³-hybridized carbons (Fsp3) is 0.0588. The molecule has 0 saturated heterocycles. The standard InChI is InChI=1S/C51H37N/c1-51(2)49-19-11-10-18-46(49)47-31-29-40(33-50(47)51)52(38-25-20-35(21-26-38)34-12-4-3-5-13-34)39-27-22-36(23-28-39)37-24-30-45-43-16-7-6-14-41(43)42-15-8-9-17-44(42)48(45)32-37/h3-33H,1-2H3/i6D. The van der Waals surface area contributed by atoms with Crippen LogP contribution >= 0.6 is 0 Å². The second-order valence-electron chi connectivity index (χ2n) is 14.5. The highest BCUT2D eigenvalue weighted by molar-refractivity contribution is 6.25. The molecule has 9 aromatic carbocycles. The van der Waals surface area contributed by atoms with Gasteiger partial charge in [0.1, 0.15) is 0 Å². The molecular formula is C51H37N. The van der Waals surface area contributed by atoms with Crippen LogP contribution in [0, 0.1) is 0 Å². The molecule has 1 aliphatic rings. The van der Waals surface area contributed by atoms with E-state index in [2.05, 4.69) is 189 Å². The van der Waals surface area contributed by atoms with E-state index in [9.17, 15) is 0 Å². The Labute approximate surface area is 306 Å². The number of hydrogen-bond donors (Lipinski definition) is 0. The minimum Gasteiger partial charge on any atom is -0.310 e. The van der Waals surface area contributed by atoms with Crippen molar-refractivity contribution in [2.45, 2.75) is 19.3 Å². The maximum Gasteiger partial charge on any atom is 0.0623 e. The van der Waals surface area contributed by atoms with E-state index in [0.29, 0.717) is 6.04 Å². The molecule has 1 nitrogen and oxygen atoms in total. The number of benzene rings is 9. The summed E-state index contributed by atoms with van der Waals surface area (Å²) in [6, 6.07) is 66.3. The van der Waals surface area contributed by atoms with Gasteiger partial charge in [-0.1, -0.05) is 159 Å². The predicted octanol–water partition coefficient (Wildman–Crippen LogP) is 14.3. The molecule has 0 aromatic heterocycles. The molecule has 0 bridgehead atoms. The van der Waals surface area contributed by atoms with Crippen LogP contribution in [-0.4, -0.2) is 0 Å². The van der Waals surface area contributed by atoms with E-state index in [1.54, 1.807) is 0 Å². The summed E-state index contributed by atoms with van der Waals surface area (Å²) in [7, 11) is 0. The average molecular weight is 665 g/mol. The molecule has 0 atom stereocenters. The van der Waals surface area contributed by atoms with E-state index in [0.717, 1.165) is 22.4 Å². The van der Waals surface area contributed by atoms with Crippen LogP contribution in [0.4, 0.5) is 17.1 Å². The molecule has 0 amide bonds. The maximum absolute atomic E-state index is 8.28.